The van der Waals surface area contributed by atoms with E-state index in [4.69, 9.17) is 0 Å². The average Bonchev–Trinajstić information content (AvgIpc) is 2.35. The summed E-state index contributed by atoms with van der Waals surface area (Å²) < 4.78 is 13.0. The molecule has 0 amide bonds. The zero-order chi connectivity index (χ0) is 13.0. The molecule has 0 spiro atoms. The van der Waals surface area contributed by atoms with Gasteiger partial charge in [0.15, 0.2) is 0 Å². The lowest BCUT2D eigenvalue weighted by molar-refractivity contribution is -0.236. The Labute approximate surface area is 113 Å². The van der Waals surface area contributed by atoms with Crippen LogP contribution in [0.25, 0.3) is 0 Å². The summed E-state index contributed by atoms with van der Waals surface area (Å²) in [7, 11) is 0. The first-order valence-electron chi connectivity index (χ1n) is 7.36. The fourth-order valence-corrected chi connectivity index (χ4v) is 4.76. The third-order valence-electron chi connectivity index (χ3n) is 5.35. The van der Waals surface area contributed by atoms with E-state index in [0.717, 1.165) is 36.8 Å². The number of nitrogens with zero attached hydrogens (tertiary/aromatic N) is 1. The molecule has 2 saturated carbocycles. The molecule has 2 saturated heterocycles. The van der Waals surface area contributed by atoms with Gasteiger partial charge in [0, 0.05) is 12.6 Å². The molecule has 2 unspecified atom stereocenters. The van der Waals surface area contributed by atoms with Crippen LogP contribution in [-0.2, 0) is 6.54 Å². The van der Waals surface area contributed by atoms with Crippen LogP contribution in [-0.4, -0.2) is 21.8 Å². The summed E-state index contributed by atoms with van der Waals surface area (Å²) in [5.41, 5.74) is 0.505. The van der Waals surface area contributed by atoms with Gasteiger partial charge in [-0.25, -0.2) is 4.39 Å². The highest BCUT2D eigenvalue weighted by Crippen LogP contribution is 2.53. The van der Waals surface area contributed by atoms with E-state index in [1.807, 2.05) is 12.1 Å². The van der Waals surface area contributed by atoms with Crippen molar-refractivity contribution < 1.29 is 9.50 Å². The molecule has 2 heterocycles. The molecule has 2 aliphatic carbocycles. The largest absolute Gasteiger partial charge is 0.376 e. The summed E-state index contributed by atoms with van der Waals surface area (Å²) >= 11 is 0. The Morgan fingerprint density at radius 1 is 1.11 bits per heavy atom. The van der Waals surface area contributed by atoms with Crippen LogP contribution in [0.15, 0.2) is 24.3 Å². The number of piperidine rings is 2. The maximum atomic E-state index is 13.0. The fraction of sp³-hybridized carbons (Fsp3) is 0.625. The molecule has 1 aromatic carbocycles. The van der Waals surface area contributed by atoms with E-state index < -0.39 is 5.72 Å². The molecule has 102 valence electrons. The van der Waals surface area contributed by atoms with Crippen molar-refractivity contribution in [3.05, 3.63) is 35.6 Å². The van der Waals surface area contributed by atoms with Crippen molar-refractivity contribution in [2.45, 2.75) is 50.4 Å². The molecule has 1 N–H and O–H groups in total. The topological polar surface area (TPSA) is 23.5 Å². The number of benzene rings is 1. The van der Waals surface area contributed by atoms with E-state index in [2.05, 4.69) is 4.90 Å². The van der Waals surface area contributed by atoms with Gasteiger partial charge in [0.1, 0.15) is 11.5 Å². The normalized spacial score (nSPS) is 40.8. The van der Waals surface area contributed by atoms with Gasteiger partial charge in [-0.15, -0.1) is 0 Å². The first-order chi connectivity index (χ1) is 9.12. The van der Waals surface area contributed by atoms with E-state index in [9.17, 15) is 9.50 Å². The van der Waals surface area contributed by atoms with Crippen LogP contribution < -0.4 is 0 Å². The summed E-state index contributed by atoms with van der Waals surface area (Å²) in [4.78, 5) is 2.28. The first kappa shape index (κ1) is 11.9. The Balaban J connectivity index is 1.59. The summed E-state index contributed by atoms with van der Waals surface area (Å²) in [6.07, 6.45) is 5.66. The molecule has 4 bridgehead atoms. The summed E-state index contributed by atoms with van der Waals surface area (Å²) in [5.74, 6) is 1.27. The van der Waals surface area contributed by atoms with Gasteiger partial charge in [0.2, 0.25) is 0 Å². The van der Waals surface area contributed by atoms with Crippen molar-refractivity contribution >= 4 is 0 Å². The van der Waals surface area contributed by atoms with E-state index in [0.29, 0.717) is 6.04 Å². The molecule has 1 aromatic rings. The zero-order valence-corrected chi connectivity index (χ0v) is 11.1. The third-order valence-corrected chi connectivity index (χ3v) is 5.35. The lowest BCUT2D eigenvalue weighted by Crippen LogP contribution is -2.65. The van der Waals surface area contributed by atoms with E-state index in [1.165, 1.54) is 31.4 Å². The standard InChI is InChI=1S/C16H20FNO/c17-14-3-1-11(2-4-14)10-18-15-6-12-5-13(7-15)9-16(18,19)8-12/h1-4,12-13,15,19H,5-10H2. The second kappa shape index (κ2) is 4.03. The van der Waals surface area contributed by atoms with Gasteiger partial charge in [0.25, 0.3) is 0 Å². The molecule has 2 atom stereocenters. The van der Waals surface area contributed by atoms with Crippen LogP contribution >= 0.6 is 0 Å². The van der Waals surface area contributed by atoms with E-state index >= 15 is 0 Å². The number of hydrogen-bond donors (Lipinski definition) is 1. The summed E-state index contributed by atoms with van der Waals surface area (Å²) in [6, 6.07) is 7.22. The number of hydrogen-bond acceptors (Lipinski definition) is 2. The van der Waals surface area contributed by atoms with Crippen LogP contribution in [0.5, 0.6) is 0 Å². The quantitative estimate of drug-likeness (QED) is 0.885. The van der Waals surface area contributed by atoms with Crippen LogP contribution in [0.2, 0.25) is 0 Å². The Morgan fingerprint density at radius 2 is 1.74 bits per heavy atom. The van der Waals surface area contributed by atoms with Gasteiger partial charge in [-0.3, -0.25) is 4.90 Å². The fourth-order valence-electron chi connectivity index (χ4n) is 4.76. The van der Waals surface area contributed by atoms with Crippen LogP contribution in [0.1, 0.15) is 37.7 Å². The lowest BCUT2D eigenvalue weighted by atomic mass is 9.62. The van der Waals surface area contributed by atoms with Crippen molar-refractivity contribution in [3.63, 3.8) is 0 Å². The highest BCUT2D eigenvalue weighted by Gasteiger charge is 2.54. The van der Waals surface area contributed by atoms with Crippen LogP contribution in [0.4, 0.5) is 4.39 Å². The Hall–Kier alpha value is -0.930. The third kappa shape index (κ3) is 1.91. The number of halogens is 1. The van der Waals surface area contributed by atoms with Crippen LogP contribution in [0.3, 0.4) is 0 Å². The highest BCUT2D eigenvalue weighted by molar-refractivity contribution is 5.17. The molecule has 2 aliphatic heterocycles. The molecule has 4 aliphatic rings. The van der Waals surface area contributed by atoms with E-state index in [-0.39, 0.29) is 5.82 Å². The molecule has 5 rings (SSSR count). The van der Waals surface area contributed by atoms with Crippen molar-refractivity contribution in [2.75, 3.05) is 0 Å². The van der Waals surface area contributed by atoms with Crippen molar-refractivity contribution in [2.24, 2.45) is 11.8 Å². The summed E-state index contributed by atoms with van der Waals surface area (Å²) in [5, 5.41) is 10.9. The van der Waals surface area contributed by atoms with Crippen molar-refractivity contribution in [3.8, 4) is 0 Å². The Kier molecular flexibility index (Phi) is 2.52. The molecule has 0 aromatic heterocycles. The SMILES string of the molecule is OC12CC3CC(CC(C3)N1Cc1ccc(F)cc1)C2. The van der Waals surface area contributed by atoms with Gasteiger partial charge in [-0.1, -0.05) is 12.1 Å². The predicted molar refractivity (Wildman–Crippen MR) is 70.7 cm³/mol. The predicted octanol–water partition coefficient (Wildman–Crippen LogP) is 2.91. The Morgan fingerprint density at radius 3 is 2.32 bits per heavy atom. The monoisotopic (exact) mass is 261 g/mol. The number of rotatable bonds is 2. The van der Waals surface area contributed by atoms with Crippen molar-refractivity contribution in [1.29, 1.82) is 0 Å². The second-order valence-electron chi connectivity index (χ2n) is 6.74. The second-order valence-corrected chi connectivity index (χ2v) is 6.74. The smallest absolute Gasteiger partial charge is 0.123 e. The molecule has 0 radical (unpaired) electrons. The van der Waals surface area contributed by atoms with Crippen LogP contribution in [0, 0.1) is 17.7 Å². The summed E-state index contributed by atoms with van der Waals surface area (Å²) in [6.45, 7) is 0.751. The van der Waals surface area contributed by atoms with Gasteiger partial charge in [0.05, 0.1) is 0 Å². The molecule has 3 heteroatoms. The minimum Gasteiger partial charge on any atom is -0.376 e. The minimum absolute atomic E-state index is 0.192. The van der Waals surface area contributed by atoms with Gasteiger partial charge in [-0.2, -0.15) is 0 Å². The average molecular weight is 261 g/mol. The lowest BCUT2D eigenvalue weighted by Gasteiger charge is -2.61. The van der Waals surface area contributed by atoms with Gasteiger partial charge >= 0.3 is 0 Å². The highest BCUT2D eigenvalue weighted by atomic mass is 19.1. The maximum Gasteiger partial charge on any atom is 0.123 e. The van der Waals surface area contributed by atoms with E-state index in [1.54, 1.807) is 0 Å². The number of aliphatic hydroxyl groups is 1. The van der Waals surface area contributed by atoms with Gasteiger partial charge in [-0.05, 0) is 61.6 Å². The van der Waals surface area contributed by atoms with Gasteiger partial charge < -0.3 is 5.11 Å². The minimum atomic E-state index is -0.594. The van der Waals surface area contributed by atoms with Crippen molar-refractivity contribution in [1.82, 2.24) is 4.90 Å². The molecule has 19 heavy (non-hydrogen) atoms. The maximum absolute atomic E-state index is 13.0. The zero-order valence-electron chi connectivity index (χ0n) is 11.1. The Bertz CT molecular complexity index is 472. The first-order valence-corrected chi connectivity index (χ1v) is 7.36. The molecule has 4 fully saturated rings. The molecular formula is C16H20FNO. The molecule has 2 nitrogen and oxygen atoms in total. The molecular weight excluding hydrogens is 241 g/mol.